The lowest BCUT2D eigenvalue weighted by Crippen LogP contribution is -2.64. The van der Waals surface area contributed by atoms with E-state index in [2.05, 4.69) is 57.1 Å². The lowest BCUT2D eigenvalue weighted by Gasteiger charge is -2.69. The Morgan fingerprint density at radius 1 is 0.848 bits per heavy atom. The van der Waals surface area contributed by atoms with Crippen molar-refractivity contribution >= 4 is 27.8 Å². The maximum atomic E-state index is 14.5. The van der Waals surface area contributed by atoms with E-state index in [1.54, 1.807) is 25.1 Å². The Bertz CT molecular complexity index is 2170. The van der Waals surface area contributed by atoms with E-state index in [4.69, 9.17) is 4.74 Å². The highest BCUT2D eigenvalue weighted by molar-refractivity contribution is 7.89. The fourth-order valence-electron chi connectivity index (χ4n) is 14.7. The molecule has 5 aliphatic rings. The summed E-state index contributed by atoms with van der Waals surface area (Å²) < 4.78 is 31.7. The minimum Gasteiger partial charge on any atom is -0.493 e. The first-order chi connectivity index (χ1) is 31.3. The van der Waals surface area contributed by atoms with E-state index in [0.717, 1.165) is 50.6 Å². The maximum Gasteiger partial charge on any atom is 0.339 e. The van der Waals surface area contributed by atoms with E-state index in [9.17, 15) is 33.0 Å². The number of aliphatic hydroxyl groups excluding tert-OH is 1. The lowest BCUT2D eigenvalue weighted by molar-refractivity contribution is -0.215. The van der Waals surface area contributed by atoms with E-state index in [-0.39, 0.29) is 63.2 Å². The van der Waals surface area contributed by atoms with Crippen LogP contribution >= 0.6 is 0 Å². The van der Waals surface area contributed by atoms with Crippen LogP contribution in [0.5, 0.6) is 5.75 Å². The van der Waals surface area contributed by atoms with Crippen LogP contribution in [0.4, 0.5) is 0 Å². The second-order valence-electron chi connectivity index (χ2n) is 22.0. The molecule has 66 heavy (non-hydrogen) atoms. The minimum atomic E-state index is -3.18. The van der Waals surface area contributed by atoms with Crippen molar-refractivity contribution in [3.63, 3.8) is 0 Å². The topological polar surface area (TPSA) is 166 Å². The number of carbonyl (C=O) groups excluding carboxylic acids is 2. The van der Waals surface area contributed by atoms with Crippen molar-refractivity contribution in [1.29, 1.82) is 0 Å². The summed E-state index contributed by atoms with van der Waals surface area (Å²) in [5.74, 6) is 1.81. The van der Waals surface area contributed by atoms with Crippen molar-refractivity contribution in [1.82, 2.24) is 19.8 Å². The first-order valence-electron chi connectivity index (χ1n) is 25.3. The quantitative estimate of drug-likeness (QED) is 0.115. The highest BCUT2D eigenvalue weighted by Crippen LogP contribution is 2.72. The van der Waals surface area contributed by atoms with Gasteiger partial charge in [-0.1, -0.05) is 66.2 Å². The molecule has 13 heteroatoms. The van der Waals surface area contributed by atoms with Gasteiger partial charge in [0.05, 0.1) is 23.9 Å². The van der Waals surface area contributed by atoms with Gasteiger partial charge in [0.2, 0.25) is 15.9 Å². The van der Waals surface area contributed by atoms with Gasteiger partial charge in [0.25, 0.3) is 5.91 Å². The maximum absolute atomic E-state index is 14.5. The zero-order chi connectivity index (χ0) is 47.7. The highest BCUT2D eigenvalue weighted by atomic mass is 32.2. The number of sulfonamides is 1. The average Bonchev–Trinajstić information content (AvgIpc) is 3.29. The number of nitrogens with zero attached hydrogens (tertiary/aromatic N) is 2. The van der Waals surface area contributed by atoms with E-state index < -0.39 is 16.0 Å². The molecule has 366 valence electrons. The number of carbonyl (C=O) groups is 3. The SMILES string of the molecule is CCCC1(C(=O)NCCc2cccc(C(=O)NCc3ccc(OCCCN4CCN(S(=O)(=O)CC)CC4)c(C(=O)O)c3)c2)CCC2C(CCC3C2(C)CCC2C(C)(C)C(O)CCC23C)C1C. The van der Waals surface area contributed by atoms with E-state index in [1.807, 2.05) is 18.2 Å². The number of aromatic carboxylic acids is 1. The average molecular weight is 933 g/mol. The molecule has 9 atom stereocenters. The highest BCUT2D eigenvalue weighted by Gasteiger charge is 2.66. The standard InChI is InChI=1S/C53H80N4O8S/c1-8-22-53(25-18-42-40(36(53)3)15-17-45-51(42,6)23-19-44-50(4,5)46(58)20-24-52(44,45)7)49(62)54-26-21-37-12-10-13-39(33-37)47(59)55-35-38-14-16-43(41(34-38)48(60)61)65-32-11-27-56-28-30-57(31-29-56)66(63,64)9-2/h10,12-14,16,33-34,36,40,42,44-46,58H,8-9,11,15,17-32,35H2,1-7H3,(H,54,62)(H,55,59)(H,60,61). The summed E-state index contributed by atoms with van der Waals surface area (Å²) in [5, 5.41) is 27.4. The number of carboxylic acid groups (broad SMARTS) is 1. The van der Waals surface area contributed by atoms with Crippen LogP contribution in [-0.2, 0) is 27.8 Å². The number of carboxylic acids is 1. The molecule has 1 aliphatic heterocycles. The summed E-state index contributed by atoms with van der Waals surface area (Å²) in [6.07, 6.45) is 11.8. The molecule has 0 bridgehead atoms. The van der Waals surface area contributed by atoms with Crippen LogP contribution < -0.4 is 15.4 Å². The van der Waals surface area contributed by atoms with Gasteiger partial charge in [-0.3, -0.25) is 9.59 Å². The van der Waals surface area contributed by atoms with Gasteiger partial charge >= 0.3 is 5.97 Å². The van der Waals surface area contributed by atoms with Gasteiger partial charge in [0.1, 0.15) is 11.3 Å². The Hall–Kier alpha value is -3.52. The van der Waals surface area contributed by atoms with Crippen molar-refractivity contribution in [2.24, 2.45) is 51.2 Å². The van der Waals surface area contributed by atoms with Crippen molar-refractivity contribution in [2.75, 3.05) is 51.6 Å². The number of benzene rings is 2. The fraction of sp³-hybridized carbons (Fsp3) is 0.717. The molecule has 1 heterocycles. The molecule has 7 rings (SSSR count). The number of rotatable bonds is 17. The number of fused-ring (bicyclic) bond motifs is 5. The van der Waals surface area contributed by atoms with E-state index in [0.29, 0.717) is 92.9 Å². The third-order valence-electron chi connectivity index (χ3n) is 18.4. The van der Waals surface area contributed by atoms with Crippen molar-refractivity contribution in [2.45, 2.75) is 138 Å². The number of hydrogen-bond acceptors (Lipinski definition) is 8. The van der Waals surface area contributed by atoms with Gasteiger partial charge in [0.15, 0.2) is 0 Å². The molecule has 9 unspecified atom stereocenters. The van der Waals surface area contributed by atoms with Crippen LogP contribution in [0.2, 0.25) is 0 Å². The monoisotopic (exact) mass is 933 g/mol. The molecule has 5 fully saturated rings. The third-order valence-corrected chi connectivity index (χ3v) is 20.3. The predicted molar refractivity (Wildman–Crippen MR) is 259 cm³/mol. The van der Waals surface area contributed by atoms with E-state index in [1.165, 1.54) is 36.1 Å². The molecular formula is C53H80N4O8S. The minimum absolute atomic E-state index is 0.0244. The molecular weight excluding hydrogens is 853 g/mol. The summed E-state index contributed by atoms with van der Waals surface area (Å²) >= 11 is 0. The Morgan fingerprint density at radius 2 is 1.59 bits per heavy atom. The van der Waals surface area contributed by atoms with Crippen LogP contribution in [0.1, 0.15) is 151 Å². The van der Waals surface area contributed by atoms with E-state index >= 15 is 0 Å². The number of aliphatic hydroxyl groups is 1. The molecule has 2 aromatic carbocycles. The smallest absolute Gasteiger partial charge is 0.339 e. The second-order valence-corrected chi connectivity index (χ2v) is 24.2. The Kier molecular flexibility index (Phi) is 15.4. The fourth-order valence-corrected chi connectivity index (χ4v) is 15.8. The summed E-state index contributed by atoms with van der Waals surface area (Å²) in [5.41, 5.74) is 2.19. The van der Waals surface area contributed by atoms with Crippen LogP contribution in [-0.4, -0.2) is 103 Å². The van der Waals surface area contributed by atoms with Crippen molar-refractivity contribution in [3.8, 4) is 5.75 Å². The Morgan fingerprint density at radius 3 is 2.30 bits per heavy atom. The summed E-state index contributed by atoms with van der Waals surface area (Å²) in [6, 6.07) is 12.4. The lowest BCUT2D eigenvalue weighted by atomic mass is 9.36. The summed E-state index contributed by atoms with van der Waals surface area (Å²) in [7, 11) is -3.18. The zero-order valence-corrected chi connectivity index (χ0v) is 41.8. The van der Waals surface area contributed by atoms with Gasteiger partial charge in [-0.15, -0.1) is 0 Å². The molecule has 1 saturated heterocycles. The van der Waals surface area contributed by atoms with Crippen LogP contribution in [0.15, 0.2) is 42.5 Å². The predicted octanol–water partition coefficient (Wildman–Crippen LogP) is 8.17. The number of hydrogen-bond donors (Lipinski definition) is 4. The number of amides is 2. The third kappa shape index (κ3) is 9.84. The molecule has 12 nitrogen and oxygen atoms in total. The van der Waals surface area contributed by atoms with Crippen LogP contribution in [0.25, 0.3) is 0 Å². The summed E-state index contributed by atoms with van der Waals surface area (Å²) in [6.45, 7) is 19.9. The van der Waals surface area contributed by atoms with Gasteiger partial charge in [0, 0.05) is 51.4 Å². The van der Waals surface area contributed by atoms with Gasteiger partial charge in [-0.2, -0.15) is 4.31 Å². The summed E-state index contributed by atoms with van der Waals surface area (Å²) in [4.78, 5) is 42.2. The Labute approximate surface area is 395 Å². The molecule has 2 aromatic rings. The zero-order valence-electron chi connectivity index (χ0n) is 41.0. The Balaban J connectivity index is 0.894. The molecule has 4 saturated carbocycles. The number of nitrogens with one attached hydrogen (secondary N) is 2. The molecule has 4 aliphatic carbocycles. The number of piperazine rings is 1. The second kappa shape index (κ2) is 20.2. The normalized spacial score (nSPS) is 32.3. The molecule has 4 N–H and O–H groups in total. The van der Waals surface area contributed by atoms with Crippen LogP contribution in [0, 0.1) is 51.2 Å². The molecule has 0 spiro atoms. The van der Waals surface area contributed by atoms with Gasteiger partial charge in [-0.05, 0) is 159 Å². The van der Waals surface area contributed by atoms with Gasteiger partial charge < -0.3 is 30.5 Å². The first-order valence-corrected chi connectivity index (χ1v) is 26.9. The molecule has 0 aromatic heterocycles. The van der Waals surface area contributed by atoms with Crippen LogP contribution in [0.3, 0.4) is 0 Å². The van der Waals surface area contributed by atoms with Crippen molar-refractivity contribution in [3.05, 3.63) is 64.7 Å². The first kappa shape index (κ1) is 50.4. The molecule has 2 amide bonds. The van der Waals surface area contributed by atoms with Crippen molar-refractivity contribution < 1.29 is 37.8 Å². The number of ether oxygens (including phenoxy) is 1. The molecule has 0 radical (unpaired) electrons. The largest absolute Gasteiger partial charge is 0.493 e. The van der Waals surface area contributed by atoms with Gasteiger partial charge in [-0.25, -0.2) is 13.2 Å².